The Hall–Kier alpha value is -0.390. The van der Waals surface area contributed by atoms with Gasteiger partial charge in [-0.1, -0.05) is 0 Å². The van der Waals surface area contributed by atoms with Gasteiger partial charge in [-0.05, 0) is 25.1 Å². The summed E-state index contributed by atoms with van der Waals surface area (Å²) < 4.78 is 0. The Kier molecular flexibility index (Phi) is 3.04. The Morgan fingerprint density at radius 1 is 1.73 bits per heavy atom. The molecule has 1 aliphatic heterocycles. The van der Waals surface area contributed by atoms with E-state index in [9.17, 15) is 5.11 Å². The van der Waals surface area contributed by atoms with Gasteiger partial charge in [0.2, 0.25) is 0 Å². The number of aliphatic hydroxyl groups is 1. The molecule has 0 saturated carbocycles. The van der Waals surface area contributed by atoms with Crippen LogP contribution in [0.25, 0.3) is 0 Å². The van der Waals surface area contributed by atoms with Crippen LogP contribution in [0.4, 0.5) is 0 Å². The highest BCUT2D eigenvalue weighted by molar-refractivity contribution is 7.80. The number of likely N-dealkylation sites (tertiary alicyclic amines) is 1. The van der Waals surface area contributed by atoms with Crippen molar-refractivity contribution in [2.24, 2.45) is 5.84 Å². The van der Waals surface area contributed by atoms with E-state index in [1.165, 1.54) is 0 Å². The number of aliphatic hydroxyl groups excluding tert-OH is 1. The topological polar surface area (TPSA) is 61.5 Å². The molecule has 11 heavy (non-hydrogen) atoms. The van der Waals surface area contributed by atoms with Crippen LogP contribution >= 0.6 is 12.2 Å². The van der Waals surface area contributed by atoms with Crippen LogP contribution in [-0.4, -0.2) is 34.3 Å². The molecule has 0 radical (unpaired) electrons. The smallest absolute Gasteiger partial charge is 0.183 e. The summed E-state index contributed by atoms with van der Waals surface area (Å²) in [5, 5.41) is 9.77. The van der Waals surface area contributed by atoms with E-state index in [4.69, 9.17) is 18.1 Å². The molecule has 0 bridgehead atoms. The van der Waals surface area contributed by atoms with Crippen molar-refractivity contribution in [2.75, 3.05) is 13.1 Å². The van der Waals surface area contributed by atoms with E-state index < -0.39 is 0 Å². The molecule has 4 N–H and O–H groups in total. The van der Waals surface area contributed by atoms with Crippen LogP contribution < -0.4 is 11.3 Å². The maximum absolute atomic E-state index is 9.25. The van der Waals surface area contributed by atoms with E-state index in [0.29, 0.717) is 11.7 Å². The summed E-state index contributed by atoms with van der Waals surface area (Å²) in [7, 11) is 0. The quantitative estimate of drug-likeness (QED) is 0.255. The summed E-state index contributed by atoms with van der Waals surface area (Å²) in [6.45, 7) is 1.49. The molecule has 0 aromatic carbocycles. The maximum Gasteiger partial charge on any atom is 0.183 e. The molecule has 1 fully saturated rings. The molecule has 1 unspecified atom stereocenters. The highest BCUT2D eigenvalue weighted by Gasteiger charge is 2.18. The molecular weight excluding hydrogens is 162 g/mol. The van der Waals surface area contributed by atoms with Crippen molar-refractivity contribution in [1.82, 2.24) is 10.3 Å². The standard InChI is InChI=1S/C6H13N3OS/c7-8-6(11)9-3-1-2-5(10)4-9/h5,10H,1-4,7H2,(H,8,11). The number of hydrogen-bond donors (Lipinski definition) is 3. The zero-order valence-electron chi connectivity index (χ0n) is 6.29. The van der Waals surface area contributed by atoms with Crippen LogP contribution in [0.3, 0.4) is 0 Å². The number of hydrazine groups is 1. The largest absolute Gasteiger partial charge is 0.391 e. The zero-order valence-corrected chi connectivity index (χ0v) is 7.10. The van der Waals surface area contributed by atoms with E-state index in [0.717, 1.165) is 19.4 Å². The molecule has 0 aromatic heterocycles. The third kappa shape index (κ3) is 2.28. The molecule has 0 spiro atoms. The predicted octanol–water partition coefficient (Wildman–Crippen LogP) is -0.809. The minimum atomic E-state index is -0.255. The fraction of sp³-hybridized carbons (Fsp3) is 0.833. The molecule has 4 nitrogen and oxygen atoms in total. The van der Waals surface area contributed by atoms with Gasteiger partial charge in [-0.2, -0.15) is 0 Å². The van der Waals surface area contributed by atoms with E-state index in [2.05, 4.69) is 5.43 Å². The number of nitrogens with one attached hydrogen (secondary N) is 1. The number of nitrogens with two attached hydrogens (primary N) is 1. The number of β-amino-alcohol motifs (C(OH)–C–C–N with tert-alkyl or cyclic N) is 1. The second-order valence-electron chi connectivity index (χ2n) is 2.69. The van der Waals surface area contributed by atoms with Crippen molar-refractivity contribution >= 4 is 17.3 Å². The lowest BCUT2D eigenvalue weighted by Gasteiger charge is -2.31. The highest BCUT2D eigenvalue weighted by atomic mass is 32.1. The van der Waals surface area contributed by atoms with Crippen molar-refractivity contribution in [2.45, 2.75) is 18.9 Å². The minimum Gasteiger partial charge on any atom is -0.391 e. The van der Waals surface area contributed by atoms with Crippen LogP contribution in [0.15, 0.2) is 0 Å². The summed E-state index contributed by atoms with van der Waals surface area (Å²) in [6.07, 6.45) is 1.59. The van der Waals surface area contributed by atoms with E-state index >= 15 is 0 Å². The van der Waals surface area contributed by atoms with Gasteiger partial charge in [0.1, 0.15) is 0 Å². The summed E-state index contributed by atoms with van der Waals surface area (Å²) in [6, 6.07) is 0. The van der Waals surface area contributed by atoms with Crippen LogP contribution in [-0.2, 0) is 0 Å². The van der Waals surface area contributed by atoms with Gasteiger partial charge in [-0.3, -0.25) is 0 Å². The summed E-state index contributed by atoms with van der Waals surface area (Å²) in [4.78, 5) is 1.88. The van der Waals surface area contributed by atoms with Gasteiger partial charge in [0, 0.05) is 13.1 Å². The Morgan fingerprint density at radius 3 is 3.00 bits per heavy atom. The van der Waals surface area contributed by atoms with Gasteiger partial charge >= 0.3 is 0 Å². The first-order chi connectivity index (χ1) is 5.24. The average Bonchev–Trinajstić information content (AvgIpc) is 2.03. The minimum absolute atomic E-state index is 0.255. The molecule has 1 rings (SSSR count). The molecule has 5 heteroatoms. The second kappa shape index (κ2) is 3.85. The van der Waals surface area contributed by atoms with Gasteiger partial charge < -0.3 is 15.4 Å². The van der Waals surface area contributed by atoms with Gasteiger partial charge in [0.15, 0.2) is 5.11 Å². The lowest BCUT2D eigenvalue weighted by molar-refractivity contribution is 0.103. The van der Waals surface area contributed by atoms with E-state index in [1.807, 2.05) is 4.90 Å². The highest BCUT2D eigenvalue weighted by Crippen LogP contribution is 2.09. The zero-order chi connectivity index (χ0) is 8.27. The predicted molar refractivity (Wildman–Crippen MR) is 46.7 cm³/mol. The van der Waals surface area contributed by atoms with Crippen LogP contribution in [0.2, 0.25) is 0 Å². The van der Waals surface area contributed by atoms with Gasteiger partial charge in [-0.15, -0.1) is 0 Å². The van der Waals surface area contributed by atoms with Crippen LogP contribution in [0, 0.1) is 0 Å². The fourth-order valence-electron chi connectivity index (χ4n) is 1.23. The molecule has 1 heterocycles. The first kappa shape index (κ1) is 8.70. The lowest BCUT2D eigenvalue weighted by Crippen LogP contribution is -2.48. The normalized spacial score (nSPS) is 24.9. The summed E-state index contributed by atoms with van der Waals surface area (Å²) >= 11 is 4.91. The van der Waals surface area contributed by atoms with Gasteiger partial charge in [-0.25, -0.2) is 5.84 Å². The van der Waals surface area contributed by atoms with Crippen molar-refractivity contribution in [1.29, 1.82) is 0 Å². The number of nitrogens with zero attached hydrogens (tertiary/aromatic N) is 1. The third-order valence-electron chi connectivity index (χ3n) is 1.81. The van der Waals surface area contributed by atoms with Crippen LogP contribution in [0.5, 0.6) is 0 Å². The van der Waals surface area contributed by atoms with Crippen molar-refractivity contribution < 1.29 is 5.11 Å². The molecule has 0 aliphatic carbocycles. The Morgan fingerprint density at radius 2 is 2.45 bits per heavy atom. The molecule has 1 atom stereocenters. The van der Waals surface area contributed by atoms with Crippen molar-refractivity contribution in [3.63, 3.8) is 0 Å². The van der Waals surface area contributed by atoms with Crippen molar-refractivity contribution in [3.8, 4) is 0 Å². The van der Waals surface area contributed by atoms with Crippen LogP contribution in [0.1, 0.15) is 12.8 Å². The SMILES string of the molecule is NNC(=S)N1CCCC(O)C1. The molecule has 0 aromatic rings. The van der Waals surface area contributed by atoms with E-state index in [1.54, 1.807) is 0 Å². The third-order valence-corrected chi connectivity index (χ3v) is 2.18. The second-order valence-corrected chi connectivity index (χ2v) is 3.08. The molecule has 0 amide bonds. The molecule has 1 saturated heterocycles. The van der Waals surface area contributed by atoms with Gasteiger partial charge in [0.05, 0.1) is 6.10 Å². The number of thiocarbonyl (C=S) groups is 1. The number of rotatable bonds is 0. The first-order valence-electron chi connectivity index (χ1n) is 3.67. The Labute approximate surface area is 71.3 Å². The monoisotopic (exact) mass is 175 g/mol. The molecular formula is C6H13N3OS. The Balaban J connectivity index is 2.39. The van der Waals surface area contributed by atoms with E-state index in [-0.39, 0.29) is 6.10 Å². The fourth-order valence-corrected chi connectivity index (χ4v) is 1.40. The summed E-state index contributed by atoms with van der Waals surface area (Å²) in [5.41, 5.74) is 2.40. The Bertz CT molecular complexity index is 153. The number of piperidine rings is 1. The van der Waals surface area contributed by atoms with Gasteiger partial charge in [0.25, 0.3) is 0 Å². The molecule has 64 valence electrons. The maximum atomic E-state index is 9.25. The average molecular weight is 175 g/mol. The lowest BCUT2D eigenvalue weighted by atomic mass is 10.1. The summed E-state index contributed by atoms with van der Waals surface area (Å²) in [5.74, 6) is 5.13. The first-order valence-corrected chi connectivity index (χ1v) is 4.08. The van der Waals surface area contributed by atoms with Crippen molar-refractivity contribution in [3.05, 3.63) is 0 Å². The molecule has 1 aliphatic rings. The number of hydrogen-bond acceptors (Lipinski definition) is 3.